The minimum absolute atomic E-state index is 0.0762. The molecule has 0 aliphatic heterocycles. The molecule has 0 saturated heterocycles. The van der Waals surface area contributed by atoms with Crippen LogP contribution in [-0.2, 0) is 11.2 Å². The molecule has 18 heavy (non-hydrogen) atoms. The second kappa shape index (κ2) is 5.49. The summed E-state index contributed by atoms with van der Waals surface area (Å²) in [4.78, 5) is 15.0. The number of aliphatic carboxylic acids is 1. The summed E-state index contributed by atoms with van der Waals surface area (Å²) in [7, 11) is 1.61. The number of hydrogen-bond donors (Lipinski definition) is 1. The Hall–Kier alpha value is -1.40. The van der Waals surface area contributed by atoms with Crippen LogP contribution in [0.25, 0.3) is 10.6 Å². The lowest BCUT2D eigenvalue weighted by Crippen LogP contribution is -2.00. The molecule has 2 aromatic rings. The average Bonchev–Trinajstić information content (AvgIpc) is 2.70. The van der Waals surface area contributed by atoms with Crippen molar-refractivity contribution in [2.24, 2.45) is 0 Å². The van der Waals surface area contributed by atoms with Crippen LogP contribution in [0.3, 0.4) is 0 Å². The minimum atomic E-state index is -0.887. The number of aromatic nitrogens is 1. The fraction of sp³-hybridized carbons (Fsp3) is 0.167. The lowest BCUT2D eigenvalue weighted by molar-refractivity contribution is -0.136. The summed E-state index contributed by atoms with van der Waals surface area (Å²) in [5, 5.41) is 9.56. The van der Waals surface area contributed by atoms with Crippen LogP contribution in [0.2, 0.25) is 0 Å². The van der Waals surface area contributed by atoms with Crippen molar-refractivity contribution >= 4 is 33.2 Å². The zero-order chi connectivity index (χ0) is 13.1. The first-order chi connectivity index (χ1) is 8.60. The second-order valence-corrected chi connectivity index (χ2v) is 5.86. The molecular formula is C12H10BrNO3S. The Labute approximate surface area is 116 Å². The SMILES string of the molecule is COc1ccc(-c2nc(CC(=O)O)c(Br)s2)cc1. The molecule has 1 N–H and O–H groups in total. The molecule has 0 atom stereocenters. The standard InChI is InChI=1S/C12H10BrNO3S/c1-17-8-4-2-7(3-5-8)12-14-9(6-10(15)16)11(13)18-12/h2-5H,6H2,1H3,(H,15,16). The van der Waals surface area contributed by atoms with Gasteiger partial charge in [0.25, 0.3) is 0 Å². The number of benzene rings is 1. The Bertz CT molecular complexity index is 565. The van der Waals surface area contributed by atoms with Crippen LogP contribution >= 0.6 is 27.3 Å². The quantitative estimate of drug-likeness (QED) is 0.936. The number of rotatable bonds is 4. The normalized spacial score (nSPS) is 10.3. The maximum Gasteiger partial charge on any atom is 0.309 e. The van der Waals surface area contributed by atoms with Crippen molar-refractivity contribution in [1.29, 1.82) is 0 Å². The summed E-state index contributed by atoms with van der Waals surface area (Å²) in [5.41, 5.74) is 1.50. The summed E-state index contributed by atoms with van der Waals surface area (Å²) < 4.78 is 5.84. The van der Waals surface area contributed by atoms with Crippen molar-refractivity contribution in [3.05, 3.63) is 33.7 Å². The molecule has 2 rings (SSSR count). The molecule has 0 aliphatic rings. The third kappa shape index (κ3) is 2.88. The van der Waals surface area contributed by atoms with Crippen LogP contribution in [0, 0.1) is 0 Å². The van der Waals surface area contributed by atoms with E-state index in [-0.39, 0.29) is 6.42 Å². The van der Waals surface area contributed by atoms with Crippen LogP contribution < -0.4 is 4.74 Å². The van der Waals surface area contributed by atoms with E-state index in [1.54, 1.807) is 7.11 Å². The summed E-state index contributed by atoms with van der Waals surface area (Å²) >= 11 is 4.76. The molecule has 6 heteroatoms. The van der Waals surface area contributed by atoms with Gasteiger partial charge in [0.2, 0.25) is 0 Å². The van der Waals surface area contributed by atoms with Crippen molar-refractivity contribution in [1.82, 2.24) is 4.98 Å². The molecule has 1 heterocycles. The molecule has 0 saturated carbocycles. The highest BCUT2D eigenvalue weighted by Gasteiger charge is 2.13. The number of carbonyl (C=O) groups is 1. The Morgan fingerprint density at radius 3 is 2.67 bits per heavy atom. The van der Waals surface area contributed by atoms with Gasteiger partial charge in [0.05, 0.1) is 23.0 Å². The Morgan fingerprint density at radius 1 is 1.44 bits per heavy atom. The Kier molecular flexibility index (Phi) is 3.98. The smallest absolute Gasteiger partial charge is 0.309 e. The summed E-state index contributed by atoms with van der Waals surface area (Å²) in [6.07, 6.45) is -0.0762. The zero-order valence-corrected chi connectivity index (χ0v) is 11.9. The van der Waals surface area contributed by atoms with Gasteiger partial charge in [-0.25, -0.2) is 4.98 Å². The summed E-state index contributed by atoms with van der Waals surface area (Å²) in [5.74, 6) is -0.109. The van der Waals surface area contributed by atoms with Gasteiger partial charge < -0.3 is 9.84 Å². The molecule has 94 valence electrons. The van der Waals surface area contributed by atoms with Crippen molar-refractivity contribution in [2.75, 3.05) is 7.11 Å². The molecule has 0 radical (unpaired) electrons. The van der Waals surface area contributed by atoms with E-state index in [1.165, 1.54) is 11.3 Å². The summed E-state index contributed by atoms with van der Waals surface area (Å²) in [6, 6.07) is 7.49. The third-order valence-corrected chi connectivity index (χ3v) is 4.18. The molecular weight excluding hydrogens is 318 g/mol. The lowest BCUT2D eigenvalue weighted by atomic mass is 10.2. The van der Waals surface area contributed by atoms with E-state index in [0.29, 0.717) is 5.69 Å². The van der Waals surface area contributed by atoms with E-state index >= 15 is 0 Å². The number of halogens is 1. The monoisotopic (exact) mass is 327 g/mol. The fourth-order valence-corrected chi connectivity index (χ4v) is 2.95. The van der Waals surface area contributed by atoms with Crippen LogP contribution in [0.4, 0.5) is 0 Å². The van der Waals surface area contributed by atoms with Gasteiger partial charge in [-0.15, -0.1) is 11.3 Å². The second-order valence-electron chi connectivity index (χ2n) is 3.54. The van der Waals surface area contributed by atoms with E-state index in [4.69, 9.17) is 9.84 Å². The number of thiazole rings is 1. The number of nitrogens with zero attached hydrogens (tertiary/aromatic N) is 1. The highest BCUT2D eigenvalue weighted by Crippen LogP contribution is 2.32. The Morgan fingerprint density at radius 2 is 2.11 bits per heavy atom. The van der Waals surface area contributed by atoms with Crippen molar-refractivity contribution in [3.63, 3.8) is 0 Å². The van der Waals surface area contributed by atoms with Gasteiger partial charge in [0.1, 0.15) is 10.8 Å². The Balaban J connectivity index is 2.30. The highest BCUT2D eigenvalue weighted by atomic mass is 79.9. The van der Waals surface area contributed by atoms with Crippen LogP contribution in [0.1, 0.15) is 5.69 Å². The van der Waals surface area contributed by atoms with E-state index < -0.39 is 5.97 Å². The predicted molar refractivity (Wildman–Crippen MR) is 73.1 cm³/mol. The average molecular weight is 328 g/mol. The van der Waals surface area contributed by atoms with Gasteiger partial charge in [-0.3, -0.25) is 4.79 Å². The number of methoxy groups -OCH3 is 1. The van der Waals surface area contributed by atoms with Gasteiger partial charge in [0.15, 0.2) is 0 Å². The van der Waals surface area contributed by atoms with Crippen molar-refractivity contribution in [3.8, 4) is 16.3 Å². The first kappa shape index (κ1) is 13.0. The van der Waals surface area contributed by atoms with Gasteiger partial charge in [-0.2, -0.15) is 0 Å². The van der Waals surface area contributed by atoms with E-state index in [9.17, 15) is 4.79 Å². The van der Waals surface area contributed by atoms with E-state index in [0.717, 1.165) is 20.1 Å². The molecule has 0 unspecified atom stereocenters. The maximum atomic E-state index is 10.7. The van der Waals surface area contributed by atoms with Crippen LogP contribution in [0.5, 0.6) is 5.75 Å². The topological polar surface area (TPSA) is 59.4 Å². The first-order valence-electron chi connectivity index (χ1n) is 5.11. The minimum Gasteiger partial charge on any atom is -0.497 e. The molecule has 0 aliphatic carbocycles. The zero-order valence-electron chi connectivity index (χ0n) is 9.51. The molecule has 0 fully saturated rings. The molecule has 0 amide bonds. The largest absolute Gasteiger partial charge is 0.497 e. The van der Waals surface area contributed by atoms with Crippen LogP contribution in [-0.4, -0.2) is 23.2 Å². The summed E-state index contributed by atoms with van der Waals surface area (Å²) in [6.45, 7) is 0. The first-order valence-corrected chi connectivity index (χ1v) is 6.72. The molecule has 1 aromatic heterocycles. The highest BCUT2D eigenvalue weighted by molar-refractivity contribution is 9.11. The van der Waals surface area contributed by atoms with Gasteiger partial charge >= 0.3 is 5.97 Å². The number of ether oxygens (including phenoxy) is 1. The molecule has 0 bridgehead atoms. The number of carboxylic acids is 1. The number of hydrogen-bond acceptors (Lipinski definition) is 4. The maximum absolute atomic E-state index is 10.7. The van der Waals surface area contributed by atoms with E-state index in [2.05, 4.69) is 20.9 Å². The lowest BCUT2D eigenvalue weighted by Gasteiger charge is -1.99. The van der Waals surface area contributed by atoms with E-state index in [1.807, 2.05) is 24.3 Å². The van der Waals surface area contributed by atoms with Crippen molar-refractivity contribution < 1.29 is 14.6 Å². The van der Waals surface area contributed by atoms with Crippen molar-refractivity contribution in [2.45, 2.75) is 6.42 Å². The van der Waals surface area contributed by atoms with Gasteiger partial charge in [-0.05, 0) is 40.2 Å². The predicted octanol–water partition coefficient (Wildman–Crippen LogP) is 3.21. The number of carboxylic acid groups (broad SMARTS) is 1. The molecule has 1 aromatic carbocycles. The van der Waals surface area contributed by atoms with Gasteiger partial charge in [0, 0.05) is 5.56 Å². The third-order valence-electron chi connectivity index (χ3n) is 2.31. The molecule has 4 nitrogen and oxygen atoms in total. The van der Waals surface area contributed by atoms with Gasteiger partial charge in [-0.1, -0.05) is 0 Å². The van der Waals surface area contributed by atoms with Crippen LogP contribution in [0.15, 0.2) is 28.1 Å². The molecule has 0 spiro atoms. The fourth-order valence-electron chi connectivity index (χ4n) is 1.44.